The smallest absolute Gasteiger partial charge is 0.246 e. The van der Waals surface area contributed by atoms with Crippen LogP contribution in [-0.2, 0) is 25.7 Å². The molecule has 8 heteroatoms. The number of ether oxygens (including phenoxy) is 1. The minimum Gasteiger partial charge on any atom is -0.369 e. The first-order valence-electron chi connectivity index (χ1n) is 13.6. The molecule has 1 N–H and O–H groups in total. The average molecular weight is 518 g/mol. The van der Waals surface area contributed by atoms with Crippen LogP contribution in [0.1, 0.15) is 73.3 Å². The highest BCUT2D eigenvalue weighted by atomic mass is 19.1. The second kappa shape index (κ2) is 11.9. The van der Waals surface area contributed by atoms with Gasteiger partial charge in [0.2, 0.25) is 17.7 Å². The van der Waals surface area contributed by atoms with Gasteiger partial charge < -0.3 is 19.9 Å². The average Bonchev–Trinajstić information content (AvgIpc) is 3.41. The summed E-state index contributed by atoms with van der Waals surface area (Å²) in [6, 6.07) is 5.05. The topological polar surface area (TPSA) is 79.0 Å². The first-order chi connectivity index (χ1) is 17.3. The summed E-state index contributed by atoms with van der Waals surface area (Å²) in [4.78, 5) is 43.6. The minimum atomic E-state index is -0.689. The van der Waals surface area contributed by atoms with Crippen LogP contribution < -0.4 is 5.32 Å². The van der Waals surface area contributed by atoms with E-state index in [0.717, 1.165) is 5.56 Å². The third-order valence-corrected chi connectivity index (χ3v) is 7.60. The van der Waals surface area contributed by atoms with Crippen LogP contribution >= 0.6 is 0 Å². The predicted molar refractivity (Wildman–Crippen MR) is 141 cm³/mol. The number of likely N-dealkylation sites (tertiary alicyclic amines) is 2. The summed E-state index contributed by atoms with van der Waals surface area (Å²) < 4.78 is 19.7. The molecular formula is C29H44FN3O4. The highest BCUT2D eigenvalue weighted by molar-refractivity contribution is 5.89. The van der Waals surface area contributed by atoms with Gasteiger partial charge in [0.05, 0.1) is 24.8 Å². The fourth-order valence-corrected chi connectivity index (χ4v) is 5.25. The van der Waals surface area contributed by atoms with Gasteiger partial charge in [0, 0.05) is 25.4 Å². The lowest BCUT2D eigenvalue weighted by atomic mass is 9.85. The summed E-state index contributed by atoms with van der Waals surface area (Å²) in [5, 5.41) is 3.02. The van der Waals surface area contributed by atoms with E-state index in [4.69, 9.17) is 4.74 Å². The Bertz CT molecular complexity index is 959. The van der Waals surface area contributed by atoms with Gasteiger partial charge in [-0.2, -0.15) is 0 Å². The molecule has 0 aromatic heterocycles. The molecule has 2 heterocycles. The van der Waals surface area contributed by atoms with Gasteiger partial charge in [-0.3, -0.25) is 14.4 Å². The second-order valence-electron chi connectivity index (χ2n) is 12.1. The molecule has 1 aromatic carbocycles. The van der Waals surface area contributed by atoms with Gasteiger partial charge in [0.1, 0.15) is 11.9 Å². The Balaban J connectivity index is 1.85. The Morgan fingerprint density at radius 1 is 1.11 bits per heavy atom. The Hall–Kier alpha value is -2.48. The van der Waals surface area contributed by atoms with Gasteiger partial charge in [0.15, 0.2) is 0 Å². The molecule has 0 radical (unpaired) electrons. The van der Waals surface area contributed by atoms with Gasteiger partial charge in [-0.25, -0.2) is 4.39 Å². The van der Waals surface area contributed by atoms with Crippen LogP contribution in [0.5, 0.6) is 0 Å². The summed E-state index contributed by atoms with van der Waals surface area (Å²) in [6.07, 6.45) is 1.44. The van der Waals surface area contributed by atoms with Gasteiger partial charge in [-0.15, -0.1) is 0 Å². The third-order valence-electron chi connectivity index (χ3n) is 7.60. The summed E-state index contributed by atoms with van der Waals surface area (Å²) in [5.41, 5.74) is 0.336. The van der Waals surface area contributed by atoms with Crippen molar-refractivity contribution in [3.05, 3.63) is 35.6 Å². The maximum Gasteiger partial charge on any atom is 0.246 e. The molecule has 5 atom stereocenters. The number of nitrogens with zero attached hydrogens (tertiary/aromatic N) is 2. The van der Waals surface area contributed by atoms with Crippen LogP contribution in [0, 0.1) is 23.1 Å². The molecule has 0 spiro atoms. The number of rotatable bonds is 9. The SMILES string of the molecule is CC[C@@H](C)C(=O)N[C@H](C(=O)N1CC[C@@H]2[C@H]1[C@@H](OCc1ccc(F)cc1)CN2C(=O)CC(C)C)C(C)(C)C. The van der Waals surface area contributed by atoms with Gasteiger partial charge in [0.25, 0.3) is 0 Å². The van der Waals surface area contributed by atoms with Crippen molar-refractivity contribution in [3.8, 4) is 0 Å². The molecule has 37 heavy (non-hydrogen) atoms. The standard InChI is InChI=1S/C29H44FN3O4/c1-8-19(4)27(35)31-26(29(5,6)7)28(36)32-14-13-22-25(32)23(16-33(22)24(34)15-18(2)3)37-17-20-9-11-21(30)12-10-20/h9-12,18-19,22-23,25-26H,8,13-17H2,1-7H3,(H,31,35)/t19-,22-,23+,25+,26-/m1/s1. The van der Waals surface area contributed by atoms with E-state index in [1.807, 2.05) is 58.3 Å². The van der Waals surface area contributed by atoms with Crippen molar-refractivity contribution in [2.75, 3.05) is 13.1 Å². The largest absolute Gasteiger partial charge is 0.369 e. The molecule has 1 aromatic rings. The number of hydrogen-bond acceptors (Lipinski definition) is 4. The molecule has 2 saturated heterocycles. The Morgan fingerprint density at radius 3 is 2.32 bits per heavy atom. The molecule has 0 unspecified atom stereocenters. The van der Waals surface area contributed by atoms with E-state index in [0.29, 0.717) is 32.4 Å². The van der Waals surface area contributed by atoms with Gasteiger partial charge >= 0.3 is 0 Å². The van der Waals surface area contributed by atoms with Crippen molar-refractivity contribution >= 4 is 17.7 Å². The molecule has 7 nitrogen and oxygen atoms in total. The molecule has 0 aliphatic carbocycles. The van der Waals surface area contributed by atoms with Gasteiger partial charge in [-0.1, -0.05) is 60.6 Å². The summed E-state index contributed by atoms with van der Waals surface area (Å²) in [6.45, 7) is 14.9. The quantitative estimate of drug-likeness (QED) is 0.534. The number of hydrogen-bond donors (Lipinski definition) is 1. The van der Waals surface area contributed by atoms with Crippen molar-refractivity contribution in [1.82, 2.24) is 15.1 Å². The van der Waals surface area contributed by atoms with E-state index in [1.54, 1.807) is 12.1 Å². The van der Waals surface area contributed by atoms with E-state index in [9.17, 15) is 18.8 Å². The first-order valence-corrected chi connectivity index (χ1v) is 13.6. The van der Waals surface area contributed by atoms with Crippen molar-refractivity contribution < 1.29 is 23.5 Å². The number of benzene rings is 1. The van der Waals surface area contributed by atoms with E-state index in [2.05, 4.69) is 5.32 Å². The zero-order valence-electron chi connectivity index (χ0n) is 23.4. The number of amides is 3. The minimum absolute atomic E-state index is 0.0737. The summed E-state index contributed by atoms with van der Waals surface area (Å²) in [7, 11) is 0. The maximum absolute atomic E-state index is 14.0. The third kappa shape index (κ3) is 6.89. The Morgan fingerprint density at radius 2 is 1.76 bits per heavy atom. The monoisotopic (exact) mass is 517 g/mol. The lowest BCUT2D eigenvalue weighted by Crippen LogP contribution is -2.58. The van der Waals surface area contributed by atoms with Crippen LogP contribution in [0.2, 0.25) is 0 Å². The first kappa shape index (κ1) is 29.1. The molecule has 2 fully saturated rings. The lowest BCUT2D eigenvalue weighted by Gasteiger charge is -2.37. The fourth-order valence-electron chi connectivity index (χ4n) is 5.25. The number of halogens is 1. The van der Waals surface area contributed by atoms with Crippen LogP contribution in [0.25, 0.3) is 0 Å². The zero-order valence-corrected chi connectivity index (χ0v) is 23.4. The highest BCUT2D eigenvalue weighted by Crippen LogP contribution is 2.36. The molecule has 206 valence electrons. The molecule has 2 aliphatic heterocycles. The van der Waals surface area contributed by atoms with Crippen LogP contribution in [0.4, 0.5) is 4.39 Å². The van der Waals surface area contributed by atoms with Crippen molar-refractivity contribution in [2.24, 2.45) is 17.3 Å². The molecule has 3 rings (SSSR count). The van der Waals surface area contributed by atoms with Crippen LogP contribution in [0.3, 0.4) is 0 Å². The second-order valence-corrected chi connectivity index (χ2v) is 12.1. The van der Waals surface area contributed by atoms with Crippen LogP contribution in [0.15, 0.2) is 24.3 Å². The van der Waals surface area contributed by atoms with E-state index in [-0.39, 0.29) is 60.2 Å². The maximum atomic E-state index is 14.0. The van der Waals surface area contributed by atoms with Crippen molar-refractivity contribution in [1.29, 1.82) is 0 Å². The summed E-state index contributed by atoms with van der Waals surface area (Å²) in [5.74, 6) is -0.460. The van der Waals surface area contributed by atoms with E-state index in [1.165, 1.54) is 12.1 Å². The molecule has 0 bridgehead atoms. The molecule has 3 amide bonds. The summed E-state index contributed by atoms with van der Waals surface area (Å²) >= 11 is 0. The highest BCUT2D eigenvalue weighted by Gasteiger charge is 2.53. The van der Waals surface area contributed by atoms with Crippen LogP contribution in [-0.4, -0.2) is 64.8 Å². The van der Waals surface area contributed by atoms with Crippen molar-refractivity contribution in [3.63, 3.8) is 0 Å². The normalized spacial score (nSPS) is 23.2. The number of carbonyl (C=O) groups excluding carboxylic acids is 3. The van der Waals surface area contributed by atoms with E-state index < -0.39 is 11.5 Å². The molecule has 2 aliphatic rings. The molecular weight excluding hydrogens is 473 g/mol. The number of fused-ring (bicyclic) bond motifs is 1. The Labute approximate surface area is 221 Å². The lowest BCUT2D eigenvalue weighted by molar-refractivity contribution is -0.143. The van der Waals surface area contributed by atoms with Crippen molar-refractivity contribution in [2.45, 2.75) is 98.6 Å². The zero-order chi connectivity index (χ0) is 27.5. The number of nitrogens with one attached hydrogen (secondary N) is 1. The fraction of sp³-hybridized carbons (Fsp3) is 0.690. The van der Waals surface area contributed by atoms with Gasteiger partial charge in [-0.05, 0) is 41.9 Å². The molecule has 0 saturated carbocycles. The van der Waals surface area contributed by atoms with E-state index >= 15 is 0 Å². The Kier molecular flexibility index (Phi) is 9.37. The number of carbonyl (C=O) groups is 3. The predicted octanol–water partition coefficient (Wildman–Crippen LogP) is 4.15.